The van der Waals surface area contributed by atoms with E-state index in [0.29, 0.717) is 0 Å². The van der Waals surface area contributed by atoms with Crippen LogP contribution in [-0.4, -0.2) is 20.2 Å². The molecule has 0 amide bonds. The summed E-state index contributed by atoms with van der Waals surface area (Å²) in [5.74, 6) is 0. The summed E-state index contributed by atoms with van der Waals surface area (Å²) in [7, 11) is 0. The minimum absolute atomic E-state index is 0.914. The number of rotatable bonds is 1. The Balaban J connectivity index is 2.03. The number of nitrogens with one attached hydrogen (secondary N) is 2. The number of benzene rings is 1. The molecule has 0 aliphatic rings. The highest BCUT2D eigenvalue weighted by Crippen LogP contribution is 2.28. The average Bonchev–Trinajstić information content (AvgIpc) is 3.05. The summed E-state index contributed by atoms with van der Waals surface area (Å²) in [6.45, 7) is 0. The summed E-state index contributed by atoms with van der Waals surface area (Å²) < 4.78 is 0. The molecule has 0 radical (unpaired) electrons. The first-order valence-electron chi connectivity index (χ1n) is 5.77. The van der Waals surface area contributed by atoms with E-state index in [1.807, 2.05) is 24.7 Å². The Labute approximate surface area is 103 Å². The summed E-state index contributed by atoms with van der Waals surface area (Å²) in [5.41, 5.74) is 4.31. The monoisotopic (exact) mass is 234 g/mol. The number of hydrogen-bond acceptors (Lipinski definition) is 2. The molecule has 0 aliphatic heterocycles. The van der Waals surface area contributed by atoms with E-state index in [1.165, 1.54) is 11.1 Å². The lowest BCUT2D eigenvalue weighted by Crippen LogP contribution is -1.82. The number of hydrogen-bond donors (Lipinski definition) is 2. The normalized spacial score (nSPS) is 11.3. The van der Waals surface area contributed by atoms with E-state index < -0.39 is 0 Å². The van der Waals surface area contributed by atoms with E-state index in [2.05, 4.69) is 44.4 Å². The zero-order valence-electron chi connectivity index (χ0n) is 9.51. The summed E-state index contributed by atoms with van der Waals surface area (Å²) in [6.07, 6.45) is 5.57. The quantitative estimate of drug-likeness (QED) is 0.531. The maximum atomic E-state index is 4.30. The van der Waals surface area contributed by atoms with Crippen LogP contribution in [0.3, 0.4) is 0 Å². The molecule has 0 saturated carbocycles. The van der Waals surface area contributed by atoms with E-state index >= 15 is 0 Å². The van der Waals surface area contributed by atoms with Gasteiger partial charge in [0.2, 0.25) is 0 Å². The van der Waals surface area contributed by atoms with Crippen molar-refractivity contribution in [3.63, 3.8) is 0 Å². The molecule has 0 bridgehead atoms. The van der Waals surface area contributed by atoms with Crippen LogP contribution in [0, 0.1) is 0 Å². The Hall–Kier alpha value is -2.62. The van der Waals surface area contributed by atoms with Gasteiger partial charge >= 0.3 is 0 Å². The molecular weight excluding hydrogens is 224 g/mol. The van der Waals surface area contributed by atoms with Crippen molar-refractivity contribution in [2.75, 3.05) is 0 Å². The average molecular weight is 234 g/mol. The van der Waals surface area contributed by atoms with Crippen molar-refractivity contribution in [1.29, 1.82) is 0 Å². The highest BCUT2D eigenvalue weighted by Gasteiger charge is 2.06. The molecule has 18 heavy (non-hydrogen) atoms. The van der Waals surface area contributed by atoms with Crippen molar-refractivity contribution in [1.82, 2.24) is 20.2 Å². The number of H-pyrrole nitrogens is 2. The molecule has 0 fully saturated rings. The van der Waals surface area contributed by atoms with Crippen LogP contribution >= 0.6 is 0 Å². The molecule has 4 nitrogen and oxygen atoms in total. The maximum Gasteiger partial charge on any atom is 0.137 e. The van der Waals surface area contributed by atoms with Gasteiger partial charge in [-0.05, 0) is 29.3 Å². The largest absolute Gasteiger partial charge is 0.346 e. The van der Waals surface area contributed by atoms with E-state index in [0.717, 1.165) is 21.9 Å². The van der Waals surface area contributed by atoms with Crippen molar-refractivity contribution in [3.8, 4) is 11.1 Å². The first kappa shape index (κ1) is 9.41. The van der Waals surface area contributed by atoms with Gasteiger partial charge in [-0.2, -0.15) is 5.10 Å². The van der Waals surface area contributed by atoms with Gasteiger partial charge < -0.3 is 4.98 Å². The van der Waals surface area contributed by atoms with Gasteiger partial charge in [-0.3, -0.25) is 5.10 Å². The van der Waals surface area contributed by atoms with Gasteiger partial charge in [0.05, 0.1) is 11.7 Å². The Morgan fingerprint density at radius 3 is 3.06 bits per heavy atom. The molecule has 4 heteroatoms. The molecule has 0 aliphatic carbocycles. The van der Waals surface area contributed by atoms with Crippen LogP contribution in [0.2, 0.25) is 0 Å². The van der Waals surface area contributed by atoms with Crippen LogP contribution in [-0.2, 0) is 0 Å². The molecule has 0 unspecified atom stereocenters. The highest BCUT2D eigenvalue weighted by atomic mass is 15.1. The smallest absolute Gasteiger partial charge is 0.137 e. The van der Waals surface area contributed by atoms with E-state index in [9.17, 15) is 0 Å². The summed E-state index contributed by atoms with van der Waals surface area (Å²) in [6, 6.07) is 10.4. The van der Waals surface area contributed by atoms with Crippen LogP contribution in [0.5, 0.6) is 0 Å². The third-order valence-corrected chi connectivity index (χ3v) is 3.21. The van der Waals surface area contributed by atoms with Crippen molar-refractivity contribution < 1.29 is 0 Å². The van der Waals surface area contributed by atoms with Gasteiger partial charge in [0.1, 0.15) is 5.65 Å². The van der Waals surface area contributed by atoms with E-state index in [4.69, 9.17) is 0 Å². The van der Waals surface area contributed by atoms with Crippen molar-refractivity contribution in [3.05, 3.63) is 48.9 Å². The molecule has 0 atom stereocenters. The van der Waals surface area contributed by atoms with Gasteiger partial charge in [0.15, 0.2) is 0 Å². The van der Waals surface area contributed by atoms with Crippen LogP contribution in [0.1, 0.15) is 0 Å². The molecule has 86 valence electrons. The summed E-state index contributed by atoms with van der Waals surface area (Å²) in [5, 5.41) is 9.30. The number of aromatic nitrogens is 4. The fraction of sp³-hybridized carbons (Fsp3) is 0. The molecule has 3 aromatic heterocycles. The number of fused-ring (bicyclic) bond motifs is 2. The Bertz CT molecular complexity index is 841. The van der Waals surface area contributed by atoms with Crippen molar-refractivity contribution in [2.45, 2.75) is 0 Å². The fourth-order valence-corrected chi connectivity index (χ4v) is 2.32. The molecular formula is C14H10N4. The second-order valence-electron chi connectivity index (χ2n) is 4.27. The SMILES string of the molecule is c1cc(-c2ccc3cn[nH]c3c2)c2cc[nH]c2n1. The molecule has 4 aromatic rings. The minimum Gasteiger partial charge on any atom is -0.346 e. The Kier molecular flexibility index (Phi) is 1.80. The van der Waals surface area contributed by atoms with Crippen molar-refractivity contribution in [2.24, 2.45) is 0 Å². The molecule has 2 N–H and O–H groups in total. The standard InChI is InChI=1S/C14H10N4/c1-2-10-8-17-18-13(10)7-9(1)11-3-5-15-14-12(11)4-6-16-14/h1-8H,(H,15,16)(H,17,18). The molecule has 0 spiro atoms. The second-order valence-corrected chi connectivity index (χ2v) is 4.27. The molecule has 0 saturated heterocycles. The third kappa shape index (κ3) is 1.26. The lowest BCUT2D eigenvalue weighted by Gasteiger charge is -2.03. The third-order valence-electron chi connectivity index (χ3n) is 3.21. The van der Waals surface area contributed by atoms with E-state index in [-0.39, 0.29) is 0 Å². The molecule has 4 rings (SSSR count). The second kappa shape index (κ2) is 3.43. The van der Waals surface area contributed by atoms with Gasteiger partial charge in [0, 0.05) is 23.2 Å². The number of nitrogens with zero attached hydrogens (tertiary/aromatic N) is 2. The zero-order valence-corrected chi connectivity index (χ0v) is 9.51. The topological polar surface area (TPSA) is 57.4 Å². The minimum atomic E-state index is 0.914. The summed E-state index contributed by atoms with van der Waals surface area (Å²) >= 11 is 0. The number of pyridine rings is 1. The Morgan fingerprint density at radius 1 is 1.06 bits per heavy atom. The first-order chi connectivity index (χ1) is 8.92. The fourth-order valence-electron chi connectivity index (χ4n) is 2.32. The van der Waals surface area contributed by atoms with Gasteiger partial charge in [-0.15, -0.1) is 0 Å². The van der Waals surface area contributed by atoms with Crippen LogP contribution in [0.15, 0.2) is 48.9 Å². The van der Waals surface area contributed by atoms with Crippen LogP contribution < -0.4 is 0 Å². The molecule has 3 heterocycles. The molecule has 1 aromatic carbocycles. The lowest BCUT2D eigenvalue weighted by molar-refractivity contribution is 1.12. The van der Waals surface area contributed by atoms with Gasteiger partial charge in [-0.1, -0.05) is 12.1 Å². The van der Waals surface area contributed by atoms with Crippen LogP contribution in [0.25, 0.3) is 33.1 Å². The lowest BCUT2D eigenvalue weighted by atomic mass is 10.0. The van der Waals surface area contributed by atoms with Crippen LogP contribution in [0.4, 0.5) is 0 Å². The van der Waals surface area contributed by atoms with Gasteiger partial charge in [-0.25, -0.2) is 4.98 Å². The predicted octanol–water partition coefficient (Wildman–Crippen LogP) is 3.11. The zero-order chi connectivity index (χ0) is 11.9. The maximum absolute atomic E-state index is 4.30. The van der Waals surface area contributed by atoms with Gasteiger partial charge in [0.25, 0.3) is 0 Å². The summed E-state index contributed by atoms with van der Waals surface area (Å²) in [4.78, 5) is 7.43. The first-order valence-corrected chi connectivity index (χ1v) is 5.77. The van der Waals surface area contributed by atoms with E-state index in [1.54, 1.807) is 0 Å². The Morgan fingerprint density at radius 2 is 2.06 bits per heavy atom. The highest BCUT2D eigenvalue weighted by molar-refractivity contribution is 5.95. The van der Waals surface area contributed by atoms with Crippen molar-refractivity contribution >= 4 is 21.9 Å². The predicted molar refractivity (Wildman–Crippen MR) is 71.2 cm³/mol. The number of aromatic amines is 2.